The van der Waals surface area contributed by atoms with E-state index >= 15 is 0 Å². The van der Waals surface area contributed by atoms with Crippen LogP contribution in [0.2, 0.25) is 0 Å². The molecule has 0 aromatic heterocycles. The Labute approximate surface area is 96.2 Å². The van der Waals surface area contributed by atoms with Crippen LogP contribution in [0, 0.1) is 5.82 Å². The minimum Gasteiger partial charge on any atom is -0.504 e. The minimum absolute atomic E-state index is 0.0358. The molecule has 1 unspecified atom stereocenters. The Bertz CT molecular complexity index is 371. The standard InChI is InChI=1S/C10H13BrFNO2/c1-5(4-13)6-3-7(12)9(14)8(11)10(6)15-2/h3,5,14H,4,13H2,1-2H3. The first kappa shape index (κ1) is 12.3. The Morgan fingerprint density at radius 2 is 2.27 bits per heavy atom. The molecule has 0 bridgehead atoms. The lowest BCUT2D eigenvalue weighted by atomic mass is 10.00. The van der Waals surface area contributed by atoms with Crippen molar-refractivity contribution >= 4 is 15.9 Å². The van der Waals surface area contributed by atoms with E-state index in [1.54, 1.807) is 0 Å². The fraction of sp³-hybridized carbons (Fsp3) is 0.400. The number of phenols is 1. The number of rotatable bonds is 3. The topological polar surface area (TPSA) is 55.5 Å². The highest BCUT2D eigenvalue weighted by molar-refractivity contribution is 9.10. The fourth-order valence-corrected chi connectivity index (χ4v) is 1.89. The van der Waals surface area contributed by atoms with Gasteiger partial charge < -0.3 is 15.6 Å². The quantitative estimate of drug-likeness (QED) is 0.892. The molecule has 1 atom stereocenters. The van der Waals surface area contributed by atoms with Crippen LogP contribution >= 0.6 is 15.9 Å². The van der Waals surface area contributed by atoms with Crippen LogP contribution in [0.3, 0.4) is 0 Å². The summed E-state index contributed by atoms with van der Waals surface area (Å²) < 4.78 is 18.6. The lowest BCUT2D eigenvalue weighted by Gasteiger charge is -2.16. The fourth-order valence-electron chi connectivity index (χ4n) is 1.31. The van der Waals surface area contributed by atoms with E-state index in [1.807, 2.05) is 6.92 Å². The summed E-state index contributed by atoms with van der Waals surface area (Å²) in [6.07, 6.45) is 0. The van der Waals surface area contributed by atoms with Gasteiger partial charge in [-0.25, -0.2) is 4.39 Å². The van der Waals surface area contributed by atoms with Crippen LogP contribution in [0.5, 0.6) is 11.5 Å². The van der Waals surface area contributed by atoms with Gasteiger partial charge in [0.2, 0.25) is 0 Å². The zero-order chi connectivity index (χ0) is 11.6. The molecule has 15 heavy (non-hydrogen) atoms. The monoisotopic (exact) mass is 277 g/mol. The first-order valence-electron chi connectivity index (χ1n) is 4.47. The summed E-state index contributed by atoms with van der Waals surface area (Å²) in [5.74, 6) is -0.740. The van der Waals surface area contributed by atoms with E-state index in [2.05, 4.69) is 15.9 Å². The number of nitrogens with two attached hydrogens (primary N) is 1. The molecule has 0 fully saturated rings. The van der Waals surface area contributed by atoms with Crippen LogP contribution in [0.1, 0.15) is 18.4 Å². The third-order valence-corrected chi connectivity index (χ3v) is 3.00. The Hall–Kier alpha value is -0.810. The van der Waals surface area contributed by atoms with Crippen LogP contribution < -0.4 is 10.5 Å². The van der Waals surface area contributed by atoms with E-state index in [9.17, 15) is 9.50 Å². The van der Waals surface area contributed by atoms with Crippen molar-refractivity contribution in [3.05, 3.63) is 21.9 Å². The molecule has 3 nitrogen and oxygen atoms in total. The smallest absolute Gasteiger partial charge is 0.169 e. The summed E-state index contributed by atoms with van der Waals surface area (Å²) in [6, 6.07) is 1.25. The van der Waals surface area contributed by atoms with Crippen molar-refractivity contribution < 1.29 is 14.2 Å². The second-order valence-electron chi connectivity index (χ2n) is 3.28. The molecule has 0 heterocycles. The summed E-state index contributed by atoms with van der Waals surface area (Å²) in [4.78, 5) is 0. The SMILES string of the molecule is COc1c(C(C)CN)cc(F)c(O)c1Br. The highest BCUT2D eigenvalue weighted by Gasteiger charge is 2.19. The Kier molecular flexibility index (Phi) is 3.93. The van der Waals surface area contributed by atoms with Crippen molar-refractivity contribution in [1.29, 1.82) is 0 Å². The van der Waals surface area contributed by atoms with Gasteiger partial charge in [0.05, 0.1) is 7.11 Å². The van der Waals surface area contributed by atoms with Gasteiger partial charge in [-0.15, -0.1) is 0 Å². The molecule has 0 saturated carbocycles. The van der Waals surface area contributed by atoms with Gasteiger partial charge in [-0.3, -0.25) is 0 Å². The zero-order valence-electron chi connectivity index (χ0n) is 8.55. The van der Waals surface area contributed by atoms with E-state index in [0.717, 1.165) is 0 Å². The van der Waals surface area contributed by atoms with Crippen LogP contribution in [0.4, 0.5) is 4.39 Å². The predicted molar refractivity (Wildman–Crippen MR) is 59.8 cm³/mol. The molecule has 84 valence electrons. The van der Waals surface area contributed by atoms with Crippen molar-refractivity contribution in [2.75, 3.05) is 13.7 Å². The largest absolute Gasteiger partial charge is 0.504 e. The normalized spacial score (nSPS) is 12.6. The number of phenolic OH excluding ortho intramolecular Hbond substituents is 1. The van der Waals surface area contributed by atoms with Crippen LogP contribution in [0.25, 0.3) is 0 Å². The average molecular weight is 278 g/mol. The average Bonchev–Trinajstić information content (AvgIpc) is 2.24. The first-order chi connectivity index (χ1) is 7.02. The number of methoxy groups -OCH3 is 1. The molecule has 0 spiro atoms. The maximum Gasteiger partial charge on any atom is 0.169 e. The Morgan fingerprint density at radius 1 is 1.67 bits per heavy atom. The van der Waals surface area contributed by atoms with E-state index < -0.39 is 11.6 Å². The minimum atomic E-state index is -0.682. The number of hydrogen-bond donors (Lipinski definition) is 2. The summed E-state index contributed by atoms with van der Waals surface area (Å²) in [6.45, 7) is 2.24. The van der Waals surface area contributed by atoms with E-state index in [1.165, 1.54) is 13.2 Å². The van der Waals surface area contributed by atoms with Gasteiger partial charge in [0.1, 0.15) is 10.2 Å². The van der Waals surface area contributed by atoms with Gasteiger partial charge in [0.25, 0.3) is 0 Å². The number of aromatic hydroxyl groups is 1. The molecule has 1 aromatic carbocycles. The third-order valence-electron chi connectivity index (χ3n) is 2.27. The van der Waals surface area contributed by atoms with Crippen LogP contribution in [-0.2, 0) is 0 Å². The van der Waals surface area contributed by atoms with Crippen molar-refractivity contribution in [2.24, 2.45) is 5.73 Å². The predicted octanol–water partition coefficient (Wildman–Crippen LogP) is 2.36. The number of hydrogen-bond acceptors (Lipinski definition) is 3. The molecule has 5 heteroatoms. The molecule has 1 aromatic rings. The van der Waals surface area contributed by atoms with Crippen molar-refractivity contribution in [3.63, 3.8) is 0 Å². The van der Waals surface area contributed by atoms with E-state index in [4.69, 9.17) is 10.5 Å². The van der Waals surface area contributed by atoms with Gasteiger partial charge in [-0.2, -0.15) is 0 Å². The van der Waals surface area contributed by atoms with Gasteiger partial charge >= 0.3 is 0 Å². The van der Waals surface area contributed by atoms with Crippen LogP contribution in [-0.4, -0.2) is 18.8 Å². The highest BCUT2D eigenvalue weighted by atomic mass is 79.9. The summed E-state index contributed by atoms with van der Waals surface area (Å²) in [7, 11) is 1.46. The second kappa shape index (κ2) is 4.81. The van der Waals surface area contributed by atoms with Gasteiger partial charge in [0, 0.05) is 5.56 Å². The Morgan fingerprint density at radius 3 is 2.73 bits per heavy atom. The van der Waals surface area contributed by atoms with E-state index in [-0.39, 0.29) is 10.4 Å². The van der Waals surface area contributed by atoms with Crippen molar-refractivity contribution in [3.8, 4) is 11.5 Å². The zero-order valence-corrected chi connectivity index (χ0v) is 10.1. The first-order valence-corrected chi connectivity index (χ1v) is 5.27. The molecule has 0 saturated heterocycles. The van der Waals surface area contributed by atoms with Crippen molar-refractivity contribution in [2.45, 2.75) is 12.8 Å². The summed E-state index contributed by atoms with van der Waals surface area (Å²) >= 11 is 3.08. The number of benzene rings is 1. The maximum atomic E-state index is 13.3. The molecule has 0 amide bonds. The molecule has 1 rings (SSSR count). The third kappa shape index (κ3) is 2.23. The summed E-state index contributed by atoms with van der Waals surface area (Å²) in [5, 5.41) is 9.36. The molecular weight excluding hydrogens is 265 g/mol. The second-order valence-corrected chi connectivity index (χ2v) is 4.07. The highest BCUT2D eigenvalue weighted by Crippen LogP contribution is 2.41. The van der Waals surface area contributed by atoms with Crippen molar-refractivity contribution in [1.82, 2.24) is 0 Å². The van der Waals surface area contributed by atoms with Crippen LogP contribution in [0.15, 0.2) is 10.5 Å². The molecule has 0 aliphatic rings. The molecule has 0 aliphatic heterocycles. The van der Waals surface area contributed by atoms with E-state index in [0.29, 0.717) is 17.9 Å². The molecule has 0 aliphatic carbocycles. The lowest BCUT2D eigenvalue weighted by Crippen LogP contribution is -2.10. The number of ether oxygens (including phenoxy) is 1. The maximum absolute atomic E-state index is 13.3. The molecule has 3 N–H and O–H groups in total. The number of halogens is 2. The summed E-state index contributed by atoms with van der Waals surface area (Å²) in [5.41, 5.74) is 6.15. The van der Waals surface area contributed by atoms with Gasteiger partial charge in [0.15, 0.2) is 11.6 Å². The lowest BCUT2D eigenvalue weighted by molar-refractivity contribution is 0.384. The molecule has 0 radical (unpaired) electrons. The Balaban J connectivity index is 3.38. The van der Waals surface area contributed by atoms with Gasteiger partial charge in [-0.1, -0.05) is 6.92 Å². The van der Waals surface area contributed by atoms with Gasteiger partial charge in [-0.05, 0) is 34.5 Å². The molecular formula is C10H13BrFNO2.